The Morgan fingerprint density at radius 3 is 2.39 bits per heavy atom. The van der Waals surface area contributed by atoms with Gasteiger partial charge in [-0.25, -0.2) is 4.58 Å². The molecular formula is C28H39N2O+. The van der Waals surface area contributed by atoms with Gasteiger partial charge in [-0.3, -0.25) is 0 Å². The normalized spacial score (nSPS) is 20.7. The van der Waals surface area contributed by atoms with E-state index in [1.54, 1.807) is 5.71 Å². The topological polar surface area (TPSA) is 15.5 Å². The Balaban J connectivity index is 1.83. The number of fused-ring (bicyclic) bond motifs is 1. The van der Waals surface area contributed by atoms with Crippen LogP contribution in [0.25, 0.3) is 5.57 Å². The van der Waals surface area contributed by atoms with E-state index < -0.39 is 0 Å². The highest BCUT2D eigenvalue weighted by Gasteiger charge is 2.38. The molecule has 3 nitrogen and oxygen atoms in total. The molecule has 2 aliphatic carbocycles. The molecule has 1 fully saturated rings. The summed E-state index contributed by atoms with van der Waals surface area (Å²) in [5.74, 6) is 1.13. The highest BCUT2D eigenvalue weighted by atomic mass is 16.5. The van der Waals surface area contributed by atoms with Crippen LogP contribution in [0.5, 0.6) is 0 Å². The Bertz CT molecular complexity index is 953. The summed E-state index contributed by atoms with van der Waals surface area (Å²) in [5.41, 5.74) is 10.2. The standard InChI is InChI=1S/C28H39N2O/c1-6-29(7-2)21-14-16-24-26(18-21)31-27-19-22(30(8-3)9-4)15-17-25(27)28(24)23-13-11-10-12-20(23)5/h10-13,18,27H,6-9,14-17,19H2,1-5H3/q+1. The fourth-order valence-corrected chi connectivity index (χ4v) is 5.69. The molecule has 3 heteroatoms. The lowest BCUT2D eigenvalue weighted by Crippen LogP contribution is -2.35. The molecule has 31 heavy (non-hydrogen) atoms. The first-order chi connectivity index (χ1) is 15.1. The van der Waals surface area contributed by atoms with Crippen molar-refractivity contribution >= 4 is 11.3 Å². The minimum absolute atomic E-state index is 0.171. The number of nitrogens with zero attached hydrogens (tertiary/aromatic N) is 2. The first kappa shape index (κ1) is 21.9. The number of hydrogen-bond donors (Lipinski definition) is 0. The van der Waals surface area contributed by atoms with E-state index in [1.807, 2.05) is 0 Å². The van der Waals surface area contributed by atoms with Gasteiger partial charge in [0.25, 0.3) is 0 Å². The van der Waals surface area contributed by atoms with Gasteiger partial charge in [-0.2, -0.15) is 0 Å². The van der Waals surface area contributed by atoms with Gasteiger partial charge in [-0.15, -0.1) is 0 Å². The monoisotopic (exact) mass is 419 g/mol. The SMILES string of the molecule is CCN(CC)C1=CC2=C(CC1)C(c1ccccc1C)=C1CCC(=[N+](CC)CC)CC1O2. The van der Waals surface area contributed by atoms with Gasteiger partial charge in [0.15, 0.2) is 5.71 Å². The number of hydrogen-bond acceptors (Lipinski definition) is 2. The van der Waals surface area contributed by atoms with Crippen LogP contribution >= 0.6 is 0 Å². The lowest BCUT2D eigenvalue weighted by atomic mass is 9.77. The molecule has 1 heterocycles. The fraction of sp³-hybridized carbons (Fsp3) is 0.536. The third kappa shape index (κ3) is 4.12. The third-order valence-electron chi connectivity index (χ3n) is 7.41. The van der Waals surface area contributed by atoms with Crippen molar-refractivity contribution in [2.24, 2.45) is 0 Å². The highest BCUT2D eigenvalue weighted by molar-refractivity contribution is 5.90. The van der Waals surface area contributed by atoms with Crippen LogP contribution in [0.2, 0.25) is 0 Å². The molecule has 0 N–H and O–H groups in total. The fourth-order valence-electron chi connectivity index (χ4n) is 5.69. The van der Waals surface area contributed by atoms with Crippen molar-refractivity contribution in [2.45, 2.75) is 72.8 Å². The van der Waals surface area contributed by atoms with Crippen molar-refractivity contribution in [3.05, 3.63) is 64.1 Å². The van der Waals surface area contributed by atoms with E-state index >= 15 is 0 Å². The van der Waals surface area contributed by atoms with Crippen LogP contribution in [0.4, 0.5) is 0 Å². The maximum atomic E-state index is 6.80. The third-order valence-corrected chi connectivity index (χ3v) is 7.41. The summed E-state index contributed by atoms with van der Waals surface area (Å²) in [4.78, 5) is 2.48. The molecule has 0 aromatic heterocycles. The van der Waals surface area contributed by atoms with E-state index in [9.17, 15) is 0 Å². The first-order valence-electron chi connectivity index (χ1n) is 12.3. The smallest absolute Gasteiger partial charge is 0.156 e. The molecule has 0 spiro atoms. The van der Waals surface area contributed by atoms with Gasteiger partial charge in [0.2, 0.25) is 0 Å². The highest BCUT2D eigenvalue weighted by Crippen LogP contribution is 2.46. The second-order valence-corrected chi connectivity index (χ2v) is 8.92. The van der Waals surface area contributed by atoms with Crippen molar-refractivity contribution in [3.63, 3.8) is 0 Å². The van der Waals surface area contributed by atoms with Gasteiger partial charge in [-0.1, -0.05) is 24.3 Å². The van der Waals surface area contributed by atoms with Crippen LogP contribution < -0.4 is 0 Å². The molecule has 1 aliphatic heterocycles. The molecule has 1 aromatic rings. The van der Waals surface area contributed by atoms with Gasteiger partial charge in [0.05, 0.1) is 6.42 Å². The van der Waals surface area contributed by atoms with Crippen LogP contribution in [-0.4, -0.2) is 47.5 Å². The summed E-state index contributed by atoms with van der Waals surface area (Å²) < 4.78 is 9.33. The molecule has 1 saturated carbocycles. The summed E-state index contributed by atoms with van der Waals surface area (Å²) in [6.45, 7) is 15.6. The summed E-state index contributed by atoms with van der Waals surface area (Å²) in [7, 11) is 0. The molecule has 0 amide bonds. The number of ether oxygens (including phenoxy) is 1. The molecule has 4 rings (SSSR count). The minimum atomic E-state index is 0.171. The van der Waals surface area contributed by atoms with Crippen LogP contribution in [0.3, 0.4) is 0 Å². The molecule has 3 aliphatic rings. The Morgan fingerprint density at radius 1 is 0.968 bits per heavy atom. The van der Waals surface area contributed by atoms with E-state index in [4.69, 9.17) is 4.74 Å². The van der Waals surface area contributed by atoms with E-state index in [0.717, 1.165) is 64.0 Å². The average Bonchev–Trinajstić information content (AvgIpc) is 2.79. The molecule has 0 radical (unpaired) electrons. The van der Waals surface area contributed by atoms with Crippen LogP contribution in [0.15, 0.2) is 52.9 Å². The lowest BCUT2D eigenvalue weighted by molar-refractivity contribution is -0.523. The predicted molar refractivity (Wildman–Crippen MR) is 130 cm³/mol. The van der Waals surface area contributed by atoms with Crippen molar-refractivity contribution < 1.29 is 9.31 Å². The van der Waals surface area contributed by atoms with E-state index in [0.29, 0.717) is 0 Å². The number of benzene rings is 1. The summed E-state index contributed by atoms with van der Waals surface area (Å²) in [6, 6.07) is 8.92. The van der Waals surface area contributed by atoms with Crippen molar-refractivity contribution in [1.29, 1.82) is 0 Å². The van der Waals surface area contributed by atoms with Crippen molar-refractivity contribution in [2.75, 3.05) is 26.2 Å². The van der Waals surface area contributed by atoms with E-state index in [-0.39, 0.29) is 6.10 Å². The predicted octanol–water partition coefficient (Wildman–Crippen LogP) is 6.10. The van der Waals surface area contributed by atoms with Gasteiger partial charge >= 0.3 is 0 Å². The Hall–Kier alpha value is -2.29. The lowest BCUT2D eigenvalue weighted by Gasteiger charge is -2.38. The minimum Gasteiger partial charge on any atom is -0.485 e. The second kappa shape index (κ2) is 9.46. The van der Waals surface area contributed by atoms with E-state index in [1.165, 1.54) is 33.5 Å². The Labute approximate surface area is 188 Å². The molecule has 1 aromatic carbocycles. The number of rotatable bonds is 6. The Morgan fingerprint density at radius 2 is 1.71 bits per heavy atom. The van der Waals surface area contributed by atoms with Crippen LogP contribution in [0.1, 0.15) is 70.9 Å². The average molecular weight is 420 g/mol. The maximum absolute atomic E-state index is 6.80. The quantitative estimate of drug-likeness (QED) is 0.518. The van der Waals surface area contributed by atoms with Crippen LogP contribution in [0, 0.1) is 6.92 Å². The van der Waals surface area contributed by atoms with Gasteiger partial charge in [0.1, 0.15) is 25.0 Å². The number of aryl methyl sites for hydroxylation is 1. The molecule has 166 valence electrons. The molecule has 1 unspecified atom stereocenters. The van der Waals surface area contributed by atoms with E-state index in [2.05, 4.69) is 74.4 Å². The largest absolute Gasteiger partial charge is 0.485 e. The molecule has 0 bridgehead atoms. The number of allylic oxidation sites excluding steroid dienone is 4. The maximum Gasteiger partial charge on any atom is 0.156 e. The summed E-state index contributed by atoms with van der Waals surface area (Å²) in [5, 5.41) is 0. The first-order valence-corrected chi connectivity index (χ1v) is 12.3. The van der Waals surface area contributed by atoms with Crippen molar-refractivity contribution in [1.82, 2.24) is 4.90 Å². The zero-order valence-corrected chi connectivity index (χ0v) is 20.1. The molecular weight excluding hydrogens is 380 g/mol. The zero-order chi connectivity index (χ0) is 22.0. The summed E-state index contributed by atoms with van der Waals surface area (Å²) in [6.07, 6.45) is 8.01. The van der Waals surface area contributed by atoms with Crippen molar-refractivity contribution in [3.8, 4) is 0 Å². The van der Waals surface area contributed by atoms with Gasteiger partial charge < -0.3 is 9.64 Å². The van der Waals surface area contributed by atoms with Gasteiger partial charge in [0, 0.05) is 30.8 Å². The van der Waals surface area contributed by atoms with Crippen LogP contribution in [-0.2, 0) is 4.74 Å². The zero-order valence-electron chi connectivity index (χ0n) is 20.1. The summed E-state index contributed by atoms with van der Waals surface area (Å²) >= 11 is 0. The van der Waals surface area contributed by atoms with Gasteiger partial charge in [-0.05, 0) is 82.2 Å². The molecule has 0 saturated heterocycles. The molecule has 1 atom stereocenters. The Kier molecular flexibility index (Phi) is 6.69. The second-order valence-electron chi connectivity index (χ2n) is 8.92.